The third-order valence-electron chi connectivity index (χ3n) is 4.32. The molecule has 0 spiro atoms. The molecule has 2 aromatic carbocycles. The average Bonchev–Trinajstić information content (AvgIpc) is 2.68. The normalized spacial score (nSPS) is 11.6. The highest BCUT2D eigenvalue weighted by Crippen LogP contribution is 2.33. The van der Waals surface area contributed by atoms with Crippen molar-refractivity contribution in [2.45, 2.75) is 18.9 Å². The van der Waals surface area contributed by atoms with Gasteiger partial charge in [-0.15, -0.1) is 0 Å². The molecule has 0 unspecified atom stereocenters. The molecule has 28 heavy (non-hydrogen) atoms. The Bertz CT molecular complexity index is 879. The summed E-state index contributed by atoms with van der Waals surface area (Å²) >= 11 is 0. The summed E-state index contributed by atoms with van der Waals surface area (Å²) < 4.78 is 5.47. The summed E-state index contributed by atoms with van der Waals surface area (Å²) in [5, 5.41) is 1.74. The van der Waals surface area contributed by atoms with Gasteiger partial charge in [0.2, 0.25) is 11.8 Å². The van der Waals surface area contributed by atoms with E-state index in [2.05, 4.69) is 4.99 Å². The van der Waals surface area contributed by atoms with E-state index < -0.39 is 17.9 Å². The highest BCUT2D eigenvalue weighted by atomic mass is 16.5. The van der Waals surface area contributed by atoms with Gasteiger partial charge in [0, 0.05) is 23.7 Å². The molecule has 0 aliphatic heterocycles. The Kier molecular flexibility index (Phi) is 7.16. The number of guanidine groups is 1. The maximum Gasteiger partial charge on any atom is 0.241 e. The van der Waals surface area contributed by atoms with E-state index in [0.717, 1.165) is 10.8 Å². The molecule has 0 bridgehead atoms. The lowest BCUT2D eigenvalue weighted by molar-refractivity contribution is -0.124. The van der Waals surface area contributed by atoms with Gasteiger partial charge in [0.05, 0.1) is 13.7 Å². The van der Waals surface area contributed by atoms with Gasteiger partial charge in [-0.2, -0.15) is 0 Å². The first-order chi connectivity index (χ1) is 13.4. The molecule has 2 amide bonds. The number of fused-ring (bicyclic) bond motifs is 1. The van der Waals surface area contributed by atoms with Crippen molar-refractivity contribution in [3.05, 3.63) is 36.4 Å². The van der Waals surface area contributed by atoms with Crippen LogP contribution in [0.15, 0.2) is 41.4 Å². The van der Waals surface area contributed by atoms with Gasteiger partial charge in [0.15, 0.2) is 5.96 Å². The number of hydrogen-bond acceptors (Lipinski definition) is 5. The van der Waals surface area contributed by atoms with E-state index in [1.54, 1.807) is 19.2 Å². The van der Waals surface area contributed by atoms with Crippen LogP contribution in [0.4, 0.5) is 5.69 Å². The molecule has 0 saturated carbocycles. The van der Waals surface area contributed by atoms with Crippen molar-refractivity contribution in [1.82, 2.24) is 0 Å². The SMILES string of the molecule is COc1cc(N(C(=O)CN)[C@@H](CCCN=C(N)N)C(N)=O)cc2ccccc12. The van der Waals surface area contributed by atoms with Gasteiger partial charge in [-0.1, -0.05) is 24.3 Å². The lowest BCUT2D eigenvalue weighted by atomic mass is 10.0. The van der Waals surface area contributed by atoms with Gasteiger partial charge in [-0.3, -0.25) is 19.5 Å². The molecule has 150 valence electrons. The summed E-state index contributed by atoms with van der Waals surface area (Å²) in [6, 6.07) is 10.2. The van der Waals surface area contributed by atoms with Crippen molar-refractivity contribution in [3.8, 4) is 5.75 Å². The molecule has 9 nitrogen and oxygen atoms in total. The molecule has 1 atom stereocenters. The largest absolute Gasteiger partial charge is 0.496 e. The fourth-order valence-corrected chi connectivity index (χ4v) is 3.06. The summed E-state index contributed by atoms with van der Waals surface area (Å²) in [5.74, 6) is -0.530. The lowest BCUT2D eigenvalue weighted by Gasteiger charge is -2.30. The monoisotopic (exact) mass is 386 g/mol. The number of carbonyl (C=O) groups excluding carboxylic acids is 2. The number of anilines is 1. The third kappa shape index (κ3) is 4.89. The summed E-state index contributed by atoms with van der Waals surface area (Å²) in [6.07, 6.45) is 0.748. The van der Waals surface area contributed by atoms with Crippen LogP contribution < -0.4 is 32.6 Å². The summed E-state index contributed by atoms with van der Waals surface area (Å²) in [6.45, 7) is 0.0463. The Morgan fingerprint density at radius 1 is 1.18 bits per heavy atom. The molecule has 2 aromatic rings. The highest BCUT2D eigenvalue weighted by Gasteiger charge is 2.29. The molecule has 0 radical (unpaired) electrons. The first kappa shape index (κ1) is 21.0. The van der Waals surface area contributed by atoms with Crippen LogP contribution in [0, 0.1) is 0 Å². The number of amides is 2. The van der Waals surface area contributed by atoms with E-state index >= 15 is 0 Å². The minimum absolute atomic E-state index is 0.0372. The highest BCUT2D eigenvalue weighted by molar-refractivity contribution is 6.03. The zero-order valence-electron chi connectivity index (χ0n) is 15.8. The number of aliphatic imine (C=N–C) groups is 1. The van der Waals surface area contributed by atoms with E-state index in [1.165, 1.54) is 4.90 Å². The van der Waals surface area contributed by atoms with E-state index in [9.17, 15) is 9.59 Å². The van der Waals surface area contributed by atoms with Gasteiger partial charge in [0.1, 0.15) is 11.8 Å². The molecule has 2 rings (SSSR count). The van der Waals surface area contributed by atoms with Crippen LogP contribution in [-0.2, 0) is 9.59 Å². The first-order valence-electron chi connectivity index (χ1n) is 8.82. The number of benzene rings is 2. The molecular weight excluding hydrogens is 360 g/mol. The Morgan fingerprint density at radius 2 is 1.89 bits per heavy atom. The minimum Gasteiger partial charge on any atom is -0.496 e. The minimum atomic E-state index is -0.892. The number of rotatable bonds is 9. The molecule has 8 N–H and O–H groups in total. The van der Waals surface area contributed by atoms with Gasteiger partial charge >= 0.3 is 0 Å². The standard InChI is InChI=1S/C19H26N6O3/c1-28-16-10-13(9-12-5-2-3-6-14(12)16)25(17(26)11-20)15(18(21)27)7-4-8-24-19(22)23/h2-3,5-6,9-10,15H,4,7-8,11,20H2,1H3,(H2,21,27)(H4,22,23,24)/t15-/m0/s1. The van der Waals surface area contributed by atoms with Crippen molar-refractivity contribution in [1.29, 1.82) is 0 Å². The first-order valence-corrected chi connectivity index (χ1v) is 8.82. The Balaban J connectivity index is 2.46. The lowest BCUT2D eigenvalue weighted by Crippen LogP contribution is -2.50. The molecule has 0 aliphatic rings. The van der Waals surface area contributed by atoms with Gasteiger partial charge in [-0.05, 0) is 24.3 Å². The second-order valence-electron chi connectivity index (χ2n) is 6.20. The predicted molar refractivity (Wildman–Crippen MR) is 110 cm³/mol. The van der Waals surface area contributed by atoms with Crippen molar-refractivity contribution in [2.75, 3.05) is 25.1 Å². The van der Waals surface area contributed by atoms with Crippen LogP contribution in [0.2, 0.25) is 0 Å². The topological polar surface area (TPSA) is 163 Å². The van der Waals surface area contributed by atoms with E-state index in [0.29, 0.717) is 24.4 Å². The van der Waals surface area contributed by atoms with Crippen molar-refractivity contribution >= 4 is 34.2 Å². The number of carbonyl (C=O) groups is 2. The predicted octanol–water partition coefficient (Wildman–Crippen LogP) is 0.0476. The van der Waals surface area contributed by atoms with Crippen LogP contribution in [0.5, 0.6) is 5.75 Å². The molecule has 9 heteroatoms. The van der Waals surface area contributed by atoms with E-state index in [4.69, 9.17) is 27.7 Å². The number of nitrogens with two attached hydrogens (primary N) is 4. The number of methoxy groups -OCH3 is 1. The Morgan fingerprint density at radius 3 is 2.50 bits per heavy atom. The van der Waals surface area contributed by atoms with Crippen LogP contribution >= 0.6 is 0 Å². The number of nitrogens with zero attached hydrogens (tertiary/aromatic N) is 2. The summed E-state index contributed by atoms with van der Waals surface area (Å²) in [4.78, 5) is 30.0. The fourth-order valence-electron chi connectivity index (χ4n) is 3.06. The third-order valence-corrected chi connectivity index (χ3v) is 4.32. The van der Waals surface area contributed by atoms with Gasteiger partial charge < -0.3 is 27.7 Å². The maximum absolute atomic E-state index is 12.6. The average molecular weight is 386 g/mol. The van der Waals surface area contributed by atoms with Crippen LogP contribution in [0.3, 0.4) is 0 Å². The van der Waals surface area contributed by atoms with Crippen LogP contribution in [0.25, 0.3) is 10.8 Å². The molecule has 0 fully saturated rings. The molecule has 0 aromatic heterocycles. The summed E-state index contributed by atoms with van der Waals surface area (Å²) in [7, 11) is 1.54. The number of primary amides is 1. The number of hydrogen-bond donors (Lipinski definition) is 4. The van der Waals surface area contributed by atoms with Gasteiger partial charge in [-0.25, -0.2) is 0 Å². The second-order valence-corrected chi connectivity index (χ2v) is 6.20. The van der Waals surface area contributed by atoms with Crippen LogP contribution in [-0.4, -0.2) is 44.0 Å². The smallest absolute Gasteiger partial charge is 0.241 e. The van der Waals surface area contributed by atoms with Crippen molar-refractivity contribution < 1.29 is 14.3 Å². The molecule has 0 aliphatic carbocycles. The van der Waals surface area contributed by atoms with Gasteiger partial charge in [0.25, 0.3) is 0 Å². The molecule has 0 saturated heterocycles. The second kappa shape index (κ2) is 9.56. The molecular formula is C19H26N6O3. The van der Waals surface area contributed by atoms with Crippen LogP contribution in [0.1, 0.15) is 12.8 Å². The fraction of sp³-hybridized carbons (Fsp3) is 0.316. The Hall–Kier alpha value is -3.33. The quantitative estimate of drug-likeness (QED) is 0.270. The zero-order valence-corrected chi connectivity index (χ0v) is 15.8. The van der Waals surface area contributed by atoms with E-state index in [-0.39, 0.29) is 18.9 Å². The number of ether oxygens (including phenoxy) is 1. The van der Waals surface area contributed by atoms with E-state index in [1.807, 2.05) is 24.3 Å². The van der Waals surface area contributed by atoms with Crippen molar-refractivity contribution in [3.63, 3.8) is 0 Å². The zero-order chi connectivity index (χ0) is 20.7. The maximum atomic E-state index is 12.6. The molecule has 0 heterocycles. The summed E-state index contributed by atoms with van der Waals surface area (Å²) in [5.41, 5.74) is 22.3. The van der Waals surface area contributed by atoms with Crippen molar-refractivity contribution in [2.24, 2.45) is 27.9 Å². The Labute approximate surface area is 163 Å².